The second-order valence-corrected chi connectivity index (χ2v) is 7.63. The van der Waals surface area contributed by atoms with E-state index < -0.39 is 5.60 Å². The van der Waals surface area contributed by atoms with Gasteiger partial charge in [0.15, 0.2) is 5.60 Å². The van der Waals surface area contributed by atoms with Gasteiger partial charge in [-0.05, 0) is 30.7 Å². The van der Waals surface area contributed by atoms with Gasteiger partial charge in [0.1, 0.15) is 0 Å². The first kappa shape index (κ1) is 16.3. The number of ether oxygens (including phenoxy) is 1. The third-order valence-electron chi connectivity index (χ3n) is 5.21. The summed E-state index contributed by atoms with van der Waals surface area (Å²) in [6.07, 6.45) is 0.647. The van der Waals surface area contributed by atoms with Gasteiger partial charge in [-0.1, -0.05) is 46.3 Å². The van der Waals surface area contributed by atoms with Crippen LogP contribution in [0, 0.1) is 0 Å². The van der Waals surface area contributed by atoms with Crippen molar-refractivity contribution < 1.29 is 14.3 Å². The highest BCUT2D eigenvalue weighted by Gasteiger charge is 2.51. The SMILES string of the molecule is CC(C(=O)N1CCC2(C1)OC(=O)c1ccccc12)c1ccc(Br)cc1. The van der Waals surface area contributed by atoms with Crippen molar-refractivity contribution in [3.8, 4) is 0 Å². The fraction of sp³-hybridized carbons (Fsp3) is 0.300. The van der Waals surface area contributed by atoms with E-state index in [1.54, 1.807) is 6.07 Å². The van der Waals surface area contributed by atoms with Crippen LogP contribution in [0.4, 0.5) is 0 Å². The molecule has 5 heteroatoms. The average molecular weight is 400 g/mol. The summed E-state index contributed by atoms with van der Waals surface area (Å²) < 4.78 is 6.71. The van der Waals surface area contributed by atoms with Crippen LogP contribution in [-0.2, 0) is 15.1 Å². The first-order chi connectivity index (χ1) is 12.0. The lowest BCUT2D eigenvalue weighted by atomic mass is 9.91. The zero-order valence-electron chi connectivity index (χ0n) is 13.9. The van der Waals surface area contributed by atoms with E-state index in [0.29, 0.717) is 25.1 Å². The summed E-state index contributed by atoms with van der Waals surface area (Å²) in [5, 5.41) is 0. The number of esters is 1. The molecule has 4 rings (SSSR count). The largest absolute Gasteiger partial charge is 0.449 e. The zero-order chi connectivity index (χ0) is 17.6. The molecule has 1 fully saturated rings. The summed E-state index contributed by atoms with van der Waals surface area (Å²) in [4.78, 5) is 26.9. The topological polar surface area (TPSA) is 46.6 Å². The van der Waals surface area contributed by atoms with E-state index in [4.69, 9.17) is 4.74 Å². The Morgan fingerprint density at radius 1 is 1.20 bits per heavy atom. The lowest BCUT2D eigenvalue weighted by Crippen LogP contribution is -2.36. The minimum absolute atomic E-state index is 0.0691. The second kappa shape index (κ2) is 5.99. The molecule has 1 spiro atoms. The number of rotatable bonds is 2. The van der Waals surface area contributed by atoms with Crippen LogP contribution < -0.4 is 0 Å². The van der Waals surface area contributed by atoms with E-state index in [2.05, 4.69) is 15.9 Å². The molecule has 0 aromatic heterocycles. The first-order valence-corrected chi connectivity index (χ1v) is 9.17. The van der Waals surface area contributed by atoms with Crippen molar-refractivity contribution >= 4 is 27.8 Å². The van der Waals surface area contributed by atoms with Crippen LogP contribution in [0.3, 0.4) is 0 Å². The molecule has 2 heterocycles. The number of halogens is 1. The van der Waals surface area contributed by atoms with Crippen LogP contribution in [0.2, 0.25) is 0 Å². The zero-order valence-corrected chi connectivity index (χ0v) is 15.5. The molecule has 2 aromatic rings. The number of nitrogens with zero attached hydrogens (tertiary/aromatic N) is 1. The Labute approximate surface area is 154 Å². The lowest BCUT2D eigenvalue weighted by Gasteiger charge is -2.25. The van der Waals surface area contributed by atoms with Gasteiger partial charge in [-0.3, -0.25) is 4.79 Å². The molecule has 2 atom stereocenters. The quantitative estimate of drug-likeness (QED) is 0.720. The third kappa shape index (κ3) is 2.67. The van der Waals surface area contributed by atoms with Crippen LogP contribution >= 0.6 is 15.9 Å². The second-order valence-electron chi connectivity index (χ2n) is 6.71. The average Bonchev–Trinajstić information content (AvgIpc) is 3.17. The third-order valence-corrected chi connectivity index (χ3v) is 5.74. The predicted molar refractivity (Wildman–Crippen MR) is 97.3 cm³/mol. The number of hydrogen-bond acceptors (Lipinski definition) is 3. The number of hydrogen-bond donors (Lipinski definition) is 0. The van der Waals surface area contributed by atoms with Crippen LogP contribution in [0.5, 0.6) is 0 Å². The number of amides is 1. The molecule has 1 amide bonds. The molecule has 2 aliphatic heterocycles. The Bertz CT molecular complexity index is 848. The van der Waals surface area contributed by atoms with Gasteiger partial charge in [0, 0.05) is 23.0 Å². The van der Waals surface area contributed by atoms with Crippen molar-refractivity contribution in [1.82, 2.24) is 4.90 Å². The highest BCUT2D eigenvalue weighted by atomic mass is 79.9. The molecule has 4 nitrogen and oxygen atoms in total. The number of benzene rings is 2. The smallest absolute Gasteiger partial charge is 0.339 e. The van der Waals surface area contributed by atoms with Gasteiger partial charge in [0.05, 0.1) is 18.0 Å². The molecule has 1 saturated heterocycles. The van der Waals surface area contributed by atoms with E-state index in [-0.39, 0.29) is 17.8 Å². The maximum atomic E-state index is 12.9. The van der Waals surface area contributed by atoms with Gasteiger partial charge in [-0.25, -0.2) is 4.79 Å². The molecule has 2 aromatic carbocycles. The van der Waals surface area contributed by atoms with E-state index in [0.717, 1.165) is 15.6 Å². The molecule has 0 bridgehead atoms. The molecule has 0 aliphatic carbocycles. The molecular formula is C20H18BrNO3. The molecule has 25 heavy (non-hydrogen) atoms. The van der Waals surface area contributed by atoms with Crippen molar-refractivity contribution in [3.63, 3.8) is 0 Å². The summed E-state index contributed by atoms with van der Waals surface area (Å²) in [6, 6.07) is 15.3. The highest BCUT2D eigenvalue weighted by molar-refractivity contribution is 9.10. The minimum atomic E-state index is -0.678. The van der Waals surface area contributed by atoms with E-state index in [1.165, 1.54) is 0 Å². The van der Waals surface area contributed by atoms with Crippen LogP contribution in [0.15, 0.2) is 53.0 Å². The van der Waals surface area contributed by atoms with Crippen LogP contribution in [0.1, 0.15) is 40.7 Å². The monoisotopic (exact) mass is 399 g/mol. The standard InChI is InChI=1S/C20H18BrNO3/c1-13(14-6-8-15(21)9-7-14)18(23)22-11-10-20(12-22)17-5-3-2-4-16(17)19(24)25-20/h2-9,13H,10-12H2,1H3. The Hall–Kier alpha value is -2.14. The van der Waals surface area contributed by atoms with E-state index >= 15 is 0 Å². The molecule has 0 N–H and O–H groups in total. The normalized spacial score (nSPS) is 22.8. The molecule has 0 saturated carbocycles. The maximum absolute atomic E-state index is 12.9. The maximum Gasteiger partial charge on any atom is 0.339 e. The Morgan fingerprint density at radius 3 is 2.68 bits per heavy atom. The Morgan fingerprint density at radius 2 is 1.92 bits per heavy atom. The minimum Gasteiger partial charge on any atom is -0.449 e. The predicted octanol–water partition coefficient (Wildman–Crippen LogP) is 3.85. The number of fused-ring (bicyclic) bond motifs is 2. The molecule has 0 radical (unpaired) electrons. The molecule has 128 valence electrons. The van der Waals surface area contributed by atoms with E-state index in [1.807, 2.05) is 54.3 Å². The van der Waals surface area contributed by atoms with Crippen LogP contribution in [0.25, 0.3) is 0 Å². The fourth-order valence-corrected chi connectivity index (χ4v) is 4.05. The van der Waals surface area contributed by atoms with Gasteiger partial charge in [-0.15, -0.1) is 0 Å². The summed E-state index contributed by atoms with van der Waals surface area (Å²) in [7, 11) is 0. The van der Waals surface area contributed by atoms with Gasteiger partial charge >= 0.3 is 5.97 Å². The van der Waals surface area contributed by atoms with E-state index in [9.17, 15) is 9.59 Å². The van der Waals surface area contributed by atoms with Crippen LogP contribution in [-0.4, -0.2) is 29.9 Å². The number of carbonyl (C=O) groups excluding carboxylic acids is 2. The Balaban J connectivity index is 1.56. The molecule has 2 aliphatic rings. The Kier molecular flexibility index (Phi) is 3.91. The van der Waals surface area contributed by atoms with Crippen molar-refractivity contribution in [1.29, 1.82) is 0 Å². The van der Waals surface area contributed by atoms with Crippen molar-refractivity contribution in [2.45, 2.75) is 24.9 Å². The van der Waals surface area contributed by atoms with Gasteiger partial charge in [0.2, 0.25) is 5.91 Å². The molecular weight excluding hydrogens is 382 g/mol. The summed E-state index contributed by atoms with van der Waals surface area (Å²) >= 11 is 3.42. The first-order valence-electron chi connectivity index (χ1n) is 8.37. The van der Waals surface area contributed by atoms with Crippen molar-refractivity contribution in [3.05, 3.63) is 69.7 Å². The molecule has 2 unspecified atom stereocenters. The summed E-state index contributed by atoms with van der Waals surface area (Å²) in [5.41, 5.74) is 1.84. The fourth-order valence-electron chi connectivity index (χ4n) is 3.79. The van der Waals surface area contributed by atoms with Crippen molar-refractivity contribution in [2.75, 3.05) is 13.1 Å². The summed E-state index contributed by atoms with van der Waals surface area (Å²) in [5.74, 6) is -0.443. The number of carbonyl (C=O) groups is 2. The van der Waals surface area contributed by atoms with Gasteiger partial charge in [0.25, 0.3) is 0 Å². The highest BCUT2D eigenvalue weighted by Crippen LogP contribution is 2.43. The van der Waals surface area contributed by atoms with Crippen molar-refractivity contribution in [2.24, 2.45) is 0 Å². The summed E-state index contributed by atoms with van der Waals surface area (Å²) in [6.45, 7) is 2.95. The number of likely N-dealkylation sites (tertiary alicyclic amines) is 1. The van der Waals surface area contributed by atoms with Gasteiger partial charge in [-0.2, -0.15) is 0 Å². The lowest BCUT2D eigenvalue weighted by molar-refractivity contribution is -0.132. The van der Waals surface area contributed by atoms with Gasteiger partial charge < -0.3 is 9.64 Å².